The highest BCUT2D eigenvalue weighted by Gasteiger charge is 2.17. The molecular weight excluding hydrogens is 264 g/mol. The molecule has 1 aromatic rings. The van der Waals surface area contributed by atoms with E-state index in [-0.39, 0.29) is 12.5 Å². The van der Waals surface area contributed by atoms with Crippen molar-refractivity contribution < 1.29 is 14.3 Å². The number of rotatable bonds is 4. The number of hydrogen-bond acceptors (Lipinski definition) is 4. The van der Waals surface area contributed by atoms with Crippen LogP contribution in [0.5, 0.6) is 5.75 Å². The minimum absolute atomic E-state index is 0.0147. The molecule has 2 rings (SSSR count). The summed E-state index contributed by atoms with van der Waals surface area (Å²) >= 11 is 4.89. The Labute approximate surface area is 117 Å². The zero-order valence-corrected chi connectivity index (χ0v) is 11.3. The summed E-state index contributed by atoms with van der Waals surface area (Å²) in [5, 5.41) is 0. The molecule has 0 bridgehead atoms. The first-order valence-electron chi connectivity index (χ1n) is 6.05. The second-order valence-electron chi connectivity index (χ2n) is 4.17. The predicted octanol–water partition coefficient (Wildman–Crippen LogP) is 0.558. The lowest BCUT2D eigenvalue weighted by molar-refractivity contribution is -0.137. The van der Waals surface area contributed by atoms with Crippen molar-refractivity contribution >= 4 is 23.1 Å². The number of carbonyl (C=O) groups is 1. The molecule has 0 aliphatic carbocycles. The maximum atomic E-state index is 11.9. The molecule has 102 valence electrons. The molecule has 0 saturated carbocycles. The summed E-state index contributed by atoms with van der Waals surface area (Å²) < 4.78 is 10.7. The van der Waals surface area contributed by atoms with Crippen molar-refractivity contribution in [2.75, 3.05) is 32.9 Å². The van der Waals surface area contributed by atoms with Crippen LogP contribution in [0.1, 0.15) is 5.56 Å². The summed E-state index contributed by atoms with van der Waals surface area (Å²) in [4.78, 5) is 13.9. The Kier molecular flexibility index (Phi) is 4.70. The maximum Gasteiger partial charge on any atom is 0.260 e. The fourth-order valence-electron chi connectivity index (χ4n) is 1.79. The number of nitrogens with zero attached hydrogens (tertiary/aromatic N) is 1. The summed E-state index contributed by atoms with van der Waals surface area (Å²) in [6.07, 6.45) is 0. The first kappa shape index (κ1) is 13.8. The highest BCUT2D eigenvalue weighted by molar-refractivity contribution is 7.80. The molecule has 19 heavy (non-hydrogen) atoms. The van der Waals surface area contributed by atoms with Gasteiger partial charge in [0.2, 0.25) is 0 Å². The average Bonchev–Trinajstić information content (AvgIpc) is 2.46. The normalized spacial score (nSPS) is 15.1. The molecule has 0 unspecified atom stereocenters. The minimum Gasteiger partial charge on any atom is -0.484 e. The van der Waals surface area contributed by atoms with Crippen LogP contribution in [0.4, 0.5) is 0 Å². The molecule has 1 fully saturated rings. The van der Waals surface area contributed by atoms with Crippen molar-refractivity contribution in [1.82, 2.24) is 4.90 Å². The molecule has 0 atom stereocenters. The van der Waals surface area contributed by atoms with Crippen LogP contribution in [0, 0.1) is 0 Å². The van der Waals surface area contributed by atoms with Gasteiger partial charge in [0.25, 0.3) is 5.91 Å². The Morgan fingerprint density at radius 1 is 1.42 bits per heavy atom. The zero-order chi connectivity index (χ0) is 13.7. The van der Waals surface area contributed by atoms with E-state index in [9.17, 15) is 4.79 Å². The fourth-order valence-corrected chi connectivity index (χ4v) is 1.92. The van der Waals surface area contributed by atoms with E-state index in [1.54, 1.807) is 29.2 Å². The van der Waals surface area contributed by atoms with Crippen molar-refractivity contribution in [3.63, 3.8) is 0 Å². The lowest BCUT2D eigenvalue weighted by Gasteiger charge is -2.26. The third-order valence-electron chi connectivity index (χ3n) is 2.84. The highest BCUT2D eigenvalue weighted by Crippen LogP contribution is 2.13. The molecule has 0 aromatic heterocycles. The van der Waals surface area contributed by atoms with E-state index in [2.05, 4.69) is 0 Å². The van der Waals surface area contributed by atoms with Gasteiger partial charge in [0.15, 0.2) is 6.61 Å². The Morgan fingerprint density at radius 2 is 2.16 bits per heavy atom. The van der Waals surface area contributed by atoms with E-state index in [0.29, 0.717) is 37.0 Å². The standard InChI is InChI=1S/C13H16N2O3S/c14-13(19)10-2-1-3-11(8-10)18-9-12(16)15-4-6-17-7-5-15/h1-3,8H,4-7,9H2,(H2,14,19). The van der Waals surface area contributed by atoms with Crippen LogP contribution >= 0.6 is 12.2 Å². The molecule has 1 aliphatic rings. The van der Waals surface area contributed by atoms with E-state index < -0.39 is 0 Å². The summed E-state index contributed by atoms with van der Waals surface area (Å²) in [5.41, 5.74) is 6.27. The molecule has 0 radical (unpaired) electrons. The van der Waals surface area contributed by atoms with Crippen LogP contribution < -0.4 is 10.5 Å². The van der Waals surface area contributed by atoms with Gasteiger partial charge in [-0.15, -0.1) is 0 Å². The van der Waals surface area contributed by atoms with E-state index >= 15 is 0 Å². The van der Waals surface area contributed by atoms with Crippen LogP contribution in [0.25, 0.3) is 0 Å². The van der Waals surface area contributed by atoms with Crippen molar-refractivity contribution in [3.05, 3.63) is 29.8 Å². The van der Waals surface area contributed by atoms with Gasteiger partial charge >= 0.3 is 0 Å². The summed E-state index contributed by atoms with van der Waals surface area (Å²) in [5.74, 6) is 0.552. The number of carbonyl (C=O) groups excluding carboxylic acids is 1. The van der Waals surface area contributed by atoms with Gasteiger partial charge in [0.05, 0.1) is 13.2 Å². The molecule has 1 heterocycles. The SMILES string of the molecule is NC(=S)c1cccc(OCC(=O)N2CCOCC2)c1. The summed E-state index contributed by atoms with van der Waals surface area (Å²) in [7, 11) is 0. The average molecular weight is 280 g/mol. The number of nitrogens with two attached hydrogens (primary N) is 1. The van der Waals surface area contributed by atoms with Gasteiger partial charge in [0, 0.05) is 18.7 Å². The lowest BCUT2D eigenvalue weighted by Crippen LogP contribution is -2.42. The minimum atomic E-state index is -0.0379. The first-order valence-corrected chi connectivity index (χ1v) is 6.46. The van der Waals surface area contributed by atoms with E-state index in [1.165, 1.54) is 0 Å². The third-order valence-corrected chi connectivity index (χ3v) is 3.08. The number of amides is 1. The quantitative estimate of drug-likeness (QED) is 0.816. The van der Waals surface area contributed by atoms with Gasteiger partial charge in [-0.3, -0.25) is 4.79 Å². The molecule has 1 amide bonds. The van der Waals surface area contributed by atoms with Crippen molar-refractivity contribution in [2.45, 2.75) is 0 Å². The first-order chi connectivity index (χ1) is 9.16. The lowest BCUT2D eigenvalue weighted by atomic mass is 10.2. The Hall–Kier alpha value is -1.66. The molecule has 6 heteroatoms. The number of ether oxygens (including phenoxy) is 2. The second-order valence-corrected chi connectivity index (χ2v) is 4.61. The van der Waals surface area contributed by atoms with Gasteiger partial charge in [-0.05, 0) is 12.1 Å². The Bertz CT molecular complexity index is 473. The van der Waals surface area contributed by atoms with E-state index in [0.717, 1.165) is 5.56 Å². The van der Waals surface area contributed by atoms with Crippen LogP contribution in [-0.4, -0.2) is 48.7 Å². The monoisotopic (exact) mass is 280 g/mol. The maximum absolute atomic E-state index is 11.9. The largest absolute Gasteiger partial charge is 0.484 e. The molecule has 2 N–H and O–H groups in total. The highest BCUT2D eigenvalue weighted by atomic mass is 32.1. The number of morpholine rings is 1. The molecule has 1 aliphatic heterocycles. The molecule has 5 nitrogen and oxygen atoms in total. The van der Waals surface area contributed by atoms with Gasteiger partial charge in [-0.25, -0.2) is 0 Å². The predicted molar refractivity (Wildman–Crippen MR) is 75.2 cm³/mol. The third kappa shape index (κ3) is 3.90. The number of benzene rings is 1. The number of thiocarbonyl (C=S) groups is 1. The van der Waals surface area contributed by atoms with Crippen molar-refractivity contribution in [2.24, 2.45) is 5.73 Å². The molecule has 1 saturated heterocycles. The van der Waals surface area contributed by atoms with Gasteiger partial charge < -0.3 is 20.1 Å². The van der Waals surface area contributed by atoms with Crippen LogP contribution in [0.15, 0.2) is 24.3 Å². The molecule has 1 aromatic carbocycles. The molecular formula is C13H16N2O3S. The number of hydrogen-bond donors (Lipinski definition) is 1. The smallest absolute Gasteiger partial charge is 0.260 e. The van der Waals surface area contributed by atoms with Gasteiger partial charge in [-0.1, -0.05) is 24.4 Å². The summed E-state index contributed by atoms with van der Waals surface area (Å²) in [6, 6.07) is 7.10. The van der Waals surface area contributed by atoms with Crippen LogP contribution in [0.2, 0.25) is 0 Å². The van der Waals surface area contributed by atoms with Gasteiger partial charge in [-0.2, -0.15) is 0 Å². The zero-order valence-electron chi connectivity index (χ0n) is 10.5. The molecule has 0 spiro atoms. The topological polar surface area (TPSA) is 64.8 Å². The van der Waals surface area contributed by atoms with Crippen molar-refractivity contribution in [1.29, 1.82) is 0 Å². The fraction of sp³-hybridized carbons (Fsp3) is 0.385. The van der Waals surface area contributed by atoms with Crippen molar-refractivity contribution in [3.8, 4) is 5.75 Å². The van der Waals surface area contributed by atoms with Gasteiger partial charge in [0.1, 0.15) is 10.7 Å². The van der Waals surface area contributed by atoms with Crippen LogP contribution in [0.3, 0.4) is 0 Å². The Balaban J connectivity index is 1.89. The Morgan fingerprint density at radius 3 is 2.84 bits per heavy atom. The summed E-state index contributed by atoms with van der Waals surface area (Å²) in [6.45, 7) is 2.43. The second kappa shape index (κ2) is 6.49. The van der Waals surface area contributed by atoms with E-state index in [4.69, 9.17) is 27.4 Å². The van der Waals surface area contributed by atoms with E-state index in [1.807, 2.05) is 0 Å². The van der Waals surface area contributed by atoms with Crippen LogP contribution in [-0.2, 0) is 9.53 Å².